The van der Waals surface area contributed by atoms with E-state index in [4.69, 9.17) is 9.47 Å². The Morgan fingerprint density at radius 1 is 1.33 bits per heavy atom. The maximum absolute atomic E-state index is 12.4. The Morgan fingerprint density at radius 2 is 2.10 bits per heavy atom. The van der Waals surface area contributed by atoms with Crippen LogP contribution >= 0.6 is 0 Å². The van der Waals surface area contributed by atoms with Crippen LogP contribution in [0, 0.1) is 0 Å². The summed E-state index contributed by atoms with van der Waals surface area (Å²) in [6, 6.07) is 5.49. The van der Waals surface area contributed by atoms with E-state index in [1.54, 1.807) is 7.11 Å². The third-order valence-electron chi connectivity index (χ3n) is 3.64. The van der Waals surface area contributed by atoms with Crippen LogP contribution in [-0.4, -0.2) is 32.5 Å². The fourth-order valence-corrected chi connectivity index (χ4v) is 2.72. The number of hydrogen-bond acceptors (Lipinski definition) is 3. The van der Waals surface area contributed by atoms with Gasteiger partial charge in [-0.3, -0.25) is 0 Å². The highest BCUT2D eigenvalue weighted by Gasteiger charge is 2.34. The molecule has 0 heterocycles. The summed E-state index contributed by atoms with van der Waals surface area (Å²) in [4.78, 5) is 0. The number of rotatable bonds is 5. The zero-order valence-corrected chi connectivity index (χ0v) is 12.2. The number of ether oxygens (including phenoxy) is 2. The molecule has 2 atom stereocenters. The van der Waals surface area contributed by atoms with E-state index in [1.807, 2.05) is 25.1 Å². The van der Waals surface area contributed by atoms with Gasteiger partial charge in [0.25, 0.3) is 0 Å². The summed E-state index contributed by atoms with van der Waals surface area (Å²) in [7, 11) is 1.57. The molecule has 0 amide bonds. The van der Waals surface area contributed by atoms with Crippen molar-refractivity contribution in [3.63, 3.8) is 0 Å². The Morgan fingerprint density at radius 3 is 2.71 bits per heavy atom. The molecule has 1 aromatic rings. The van der Waals surface area contributed by atoms with Crippen LogP contribution in [0.3, 0.4) is 0 Å². The fourth-order valence-electron chi connectivity index (χ4n) is 2.72. The Bertz CT molecular complexity index is 476. The van der Waals surface area contributed by atoms with Crippen molar-refractivity contribution >= 4 is 0 Å². The van der Waals surface area contributed by atoms with Gasteiger partial charge >= 0.3 is 6.18 Å². The predicted octanol–water partition coefficient (Wildman–Crippen LogP) is 3.24. The second-order valence-corrected chi connectivity index (χ2v) is 5.10. The van der Waals surface area contributed by atoms with Crippen LogP contribution in [0.5, 0.6) is 5.75 Å². The molecule has 0 aliphatic heterocycles. The van der Waals surface area contributed by atoms with E-state index in [2.05, 4.69) is 5.32 Å². The quantitative estimate of drug-likeness (QED) is 0.906. The van der Waals surface area contributed by atoms with Crippen LogP contribution in [-0.2, 0) is 11.2 Å². The number of hydrogen-bond donors (Lipinski definition) is 1. The molecule has 6 heteroatoms. The predicted molar refractivity (Wildman–Crippen MR) is 73.5 cm³/mol. The van der Waals surface area contributed by atoms with Crippen LogP contribution in [0.15, 0.2) is 18.2 Å². The van der Waals surface area contributed by atoms with Crippen LogP contribution in [0.2, 0.25) is 0 Å². The molecule has 0 bridgehead atoms. The Labute approximate surface area is 122 Å². The molecule has 0 saturated heterocycles. The summed E-state index contributed by atoms with van der Waals surface area (Å²) in [5, 5.41) is 3.23. The monoisotopic (exact) mass is 303 g/mol. The smallest absolute Gasteiger partial charge is 0.411 e. The normalized spacial score (nSPS) is 22.0. The number of methoxy groups -OCH3 is 1. The molecule has 0 saturated carbocycles. The van der Waals surface area contributed by atoms with E-state index in [9.17, 15) is 13.2 Å². The molecule has 1 aliphatic rings. The van der Waals surface area contributed by atoms with Crippen LogP contribution < -0.4 is 10.1 Å². The first kappa shape index (κ1) is 16.1. The molecule has 0 radical (unpaired) electrons. The van der Waals surface area contributed by atoms with E-state index in [1.165, 1.54) is 0 Å². The topological polar surface area (TPSA) is 30.5 Å². The highest BCUT2D eigenvalue weighted by atomic mass is 19.4. The first-order valence-corrected chi connectivity index (χ1v) is 7.03. The second-order valence-electron chi connectivity index (χ2n) is 5.10. The van der Waals surface area contributed by atoms with Crippen molar-refractivity contribution in [1.29, 1.82) is 0 Å². The molecule has 0 aromatic heterocycles. The van der Waals surface area contributed by atoms with Gasteiger partial charge in [-0.2, -0.15) is 13.2 Å². The summed E-state index contributed by atoms with van der Waals surface area (Å²) in [5.41, 5.74) is 2.10. The van der Waals surface area contributed by atoms with Gasteiger partial charge < -0.3 is 14.8 Å². The van der Waals surface area contributed by atoms with Gasteiger partial charge in [0.05, 0.1) is 19.3 Å². The van der Waals surface area contributed by atoms with E-state index < -0.39 is 18.9 Å². The molecule has 21 heavy (non-hydrogen) atoms. The third-order valence-corrected chi connectivity index (χ3v) is 3.64. The molecular formula is C15H20F3NO2. The summed E-state index contributed by atoms with van der Waals surface area (Å²) < 4.78 is 47.4. The number of aryl methyl sites for hydroxylation is 1. The molecule has 0 spiro atoms. The number of halogens is 3. The Hall–Kier alpha value is -1.27. The molecule has 0 fully saturated rings. The fraction of sp³-hybridized carbons (Fsp3) is 0.600. The molecule has 2 unspecified atom stereocenters. The first-order valence-electron chi connectivity index (χ1n) is 7.03. The average molecular weight is 303 g/mol. The van der Waals surface area contributed by atoms with Crippen molar-refractivity contribution < 1.29 is 22.6 Å². The van der Waals surface area contributed by atoms with Crippen LogP contribution in [0.1, 0.15) is 30.5 Å². The van der Waals surface area contributed by atoms with E-state index >= 15 is 0 Å². The lowest BCUT2D eigenvalue weighted by Crippen LogP contribution is -2.39. The minimum Gasteiger partial charge on any atom is -0.497 e. The summed E-state index contributed by atoms with van der Waals surface area (Å²) in [5.74, 6) is 0.702. The van der Waals surface area contributed by atoms with Gasteiger partial charge in [0.15, 0.2) is 0 Å². The SMILES string of the molecule is CCNC1c2cc(OC)ccc2CCC1OCC(F)(F)F. The minimum absolute atomic E-state index is 0.240. The van der Waals surface area contributed by atoms with Crippen molar-refractivity contribution in [1.82, 2.24) is 5.32 Å². The third kappa shape index (κ3) is 4.11. The largest absolute Gasteiger partial charge is 0.497 e. The van der Waals surface area contributed by atoms with Gasteiger partial charge in [0.1, 0.15) is 12.4 Å². The summed E-state index contributed by atoms with van der Waals surface area (Å²) in [6.07, 6.45) is -3.49. The Kier molecular flexibility index (Phi) is 5.11. The number of alkyl halides is 3. The van der Waals surface area contributed by atoms with Crippen LogP contribution in [0.4, 0.5) is 13.2 Å². The van der Waals surface area contributed by atoms with E-state index in [0.29, 0.717) is 25.1 Å². The lowest BCUT2D eigenvalue weighted by Gasteiger charge is -2.34. The highest BCUT2D eigenvalue weighted by Crippen LogP contribution is 2.35. The lowest BCUT2D eigenvalue weighted by molar-refractivity contribution is -0.189. The molecule has 118 valence electrons. The first-order chi connectivity index (χ1) is 9.94. The molecule has 2 rings (SSSR count). The Balaban J connectivity index is 2.20. The van der Waals surface area contributed by atoms with Crippen molar-refractivity contribution in [2.75, 3.05) is 20.3 Å². The molecular weight excluding hydrogens is 283 g/mol. The van der Waals surface area contributed by atoms with Crippen molar-refractivity contribution in [2.24, 2.45) is 0 Å². The van der Waals surface area contributed by atoms with Gasteiger partial charge in [-0.1, -0.05) is 13.0 Å². The van der Waals surface area contributed by atoms with Crippen LogP contribution in [0.25, 0.3) is 0 Å². The molecule has 1 N–H and O–H groups in total. The van der Waals surface area contributed by atoms with Crippen molar-refractivity contribution in [2.45, 2.75) is 38.1 Å². The highest BCUT2D eigenvalue weighted by molar-refractivity contribution is 5.40. The van der Waals surface area contributed by atoms with Gasteiger partial charge in [-0.05, 0) is 42.6 Å². The second kappa shape index (κ2) is 6.66. The summed E-state index contributed by atoms with van der Waals surface area (Å²) in [6.45, 7) is 1.38. The van der Waals surface area contributed by atoms with Crippen molar-refractivity contribution in [3.05, 3.63) is 29.3 Å². The average Bonchev–Trinajstić information content (AvgIpc) is 2.45. The van der Waals surface area contributed by atoms with E-state index in [0.717, 1.165) is 11.1 Å². The molecule has 1 aromatic carbocycles. The molecule has 1 aliphatic carbocycles. The number of nitrogens with one attached hydrogen (secondary N) is 1. The number of fused-ring (bicyclic) bond motifs is 1. The zero-order chi connectivity index (χ0) is 15.5. The standard InChI is InChI=1S/C15H20F3NO2/c1-3-19-14-12-8-11(20-2)6-4-10(12)5-7-13(14)21-9-15(16,17)18/h4,6,8,13-14,19H,3,5,7,9H2,1-2H3. The molecule has 3 nitrogen and oxygen atoms in total. The number of likely N-dealkylation sites (N-methyl/N-ethyl adjacent to an activating group) is 1. The zero-order valence-electron chi connectivity index (χ0n) is 12.2. The minimum atomic E-state index is -4.30. The van der Waals surface area contributed by atoms with Crippen molar-refractivity contribution in [3.8, 4) is 5.75 Å². The van der Waals surface area contributed by atoms with Gasteiger partial charge in [-0.25, -0.2) is 0 Å². The summed E-state index contributed by atoms with van der Waals surface area (Å²) >= 11 is 0. The van der Waals surface area contributed by atoms with Gasteiger partial charge in [-0.15, -0.1) is 0 Å². The maximum atomic E-state index is 12.4. The van der Waals surface area contributed by atoms with Gasteiger partial charge in [0, 0.05) is 0 Å². The lowest BCUT2D eigenvalue weighted by atomic mass is 9.85. The number of benzene rings is 1. The van der Waals surface area contributed by atoms with E-state index in [-0.39, 0.29) is 6.04 Å². The van der Waals surface area contributed by atoms with Gasteiger partial charge in [0.2, 0.25) is 0 Å². The maximum Gasteiger partial charge on any atom is 0.411 e.